The third-order valence-corrected chi connectivity index (χ3v) is 5.37. The van der Waals surface area contributed by atoms with E-state index in [1.165, 1.54) is 17.1 Å². The first-order valence-corrected chi connectivity index (χ1v) is 9.95. The highest BCUT2D eigenvalue weighted by Gasteiger charge is 2.15. The van der Waals surface area contributed by atoms with Crippen LogP contribution in [0.4, 0.5) is 0 Å². The van der Waals surface area contributed by atoms with Gasteiger partial charge < -0.3 is 14.6 Å². The molecule has 0 unspecified atom stereocenters. The Morgan fingerprint density at radius 2 is 1.92 bits per heavy atom. The summed E-state index contributed by atoms with van der Waals surface area (Å²) in [6.07, 6.45) is -0.467. The Morgan fingerprint density at radius 1 is 1.12 bits per heavy atom. The number of hydrogen-bond acceptors (Lipinski definition) is 6. The van der Waals surface area contributed by atoms with Crippen molar-refractivity contribution in [1.82, 2.24) is 9.80 Å². The maximum atomic E-state index is 10.2. The van der Waals surface area contributed by atoms with Crippen molar-refractivity contribution < 1.29 is 14.6 Å². The Balaban J connectivity index is 1.43. The van der Waals surface area contributed by atoms with E-state index in [0.29, 0.717) is 13.2 Å². The summed E-state index contributed by atoms with van der Waals surface area (Å²) in [7, 11) is 0. The second-order valence-corrected chi connectivity index (χ2v) is 7.64. The predicted molar refractivity (Wildman–Crippen MR) is 97.8 cm³/mol. The second kappa shape index (κ2) is 9.63. The minimum atomic E-state index is -0.467. The Morgan fingerprint density at radius 3 is 2.71 bits per heavy atom. The molecule has 24 heavy (non-hydrogen) atoms. The zero-order valence-electron chi connectivity index (χ0n) is 14.2. The molecule has 1 N–H and O–H groups in total. The molecule has 1 aromatic rings. The van der Waals surface area contributed by atoms with Crippen molar-refractivity contribution in [3.63, 3.8) is 0 Å². The summed E-state index contributed by atoms with van der Waals surface area (Å²) >= 11 is 2.03. The van der Waals surface area contributed by atoms with E-state index in [0.717, 1.165) is 51.7 Å². The molecular weight excluding hydrogens is 324 g/mol. The Hall–Kier alpha value is -0.790. The molecule has 2 fully saturated rings. The molecule has 3 rings (SSSR count). The van der Waals surface area contributed by atoms with Crippen LogP contribution in [0, 0.1) is 0 Å². The van der Waals surface area contributed by atoms with Gasteiger partial charge in [-0.15, -0.1) is 0 Å². The summed E-state index contributed by atoms with van der Waals surface area (Å²) in [5.41, 5.74) is 1.28. The van der Waals surface area contributed by atoms with Crippen molar-refractivity contribution in [3.05, 3.63) is 29.8 Å². The van der Waals surface area contributed by atoms with Crippen molar-refractivity contribution >= 4 is 11.8 Å². The van der Waals surface area contributed by atoms with Gasteiger partial charge in [0.15, 0.2) is 0 Å². The lowest BCUT2D eigenvalue weighted by atomic mass is 10.2. The van der Waals surface area contributed by atoms with E-state index in [1.54, 1.807) is 0 Å². The average Bonchev–Trinajstić information content (AvgIpc) is 2.62. The Kier molecular flexibility index (Phi) is 7.23. The van der Waals surface area contributed by atoms with Gasteiger partial charge in [-0.2, -0.15) is 11.8 Å². The van der Waals surface area contributed by atoms with E-state index in [4.69, 9.17) is 9.47 Å². The molecule has 2 saturated heterocycles. The molecule has 0 amide bonds. The molecule has 0 bridgehead atoms. The predicted octanol–water partition coefficient (Wildman–Crippen LogP) is 1.31. The van der Waals surface area contributed by atoms with Crippen LogP contribution in [0.1, 0.15) is 5.56 Å². The van der Waals surface area contributed by atoms with Crippen LogP contribution < -0.4 is 4.74 Å². The first-order chi connectivity index (χ1) is 11.8. The monoisotopic (exact) mass is 352 g/mol. The van der Waals surface area contributed by atoms with Gasteiger partial charge in [-0.3, -0.25) is 9.80 Å². The summed E-state index contributed by atoms with van der Waals surface area (Å²) in [5, 5.41) is 10.2. The van der Waals surface area contributed by atoms with Crippen molar-refractivity contribution in [1.29, 1.82) is 0 Å². The molecule has 1 atom stereocenters. The lowest BCUT2D eigenvalue weighted by molar-refractivity contribution is 0.00464. The molecule has 2 aliphatic rings. The van der Waals surface area contributed by atoms with E-state index in [2.05, 4.69) is 21.9 Å². The molecule has 134 valence electrons. The van der Waals surface area contributed by atoms with Crippen molar-refractivity contribution in [2.45, 2.75) is 12.6 Å². The topological polar surface area (TPSA) is 45.2 Å². The number of nitrogens with zero attached hydrogens (tertiary/aromatic N) is 2. The summed E-state index contributed by atoms with van der Waals surface area (Å²) < 4.78 is 11.1. The number of hydrogen-bond donors (Lipinski definition) is 1. The van der Waals surface area contributed by atoms with Crippen molar-refractivity contribution in [2.24, 2.45) is 0 Å². The van der Waals surface area contributed by atoms with Crippen LogP contribution in [0.15, 0.2) is 24.3 Å². The highest BCUT2D eigenvalue weighted by molar-refractivity contribution is 7.99. The molecule has 0 aliphatic carbocycles. The number of thioether (sulfide) groups is 1. The molecule has 1 aromatic carbocycles. The fraction of sp³-hybridized carbons (Fsp3) is 0.667. The quantitative estimate of drug-likeness (QED) is 0.798. The van der Waals surface area contributed by atoms with Gasteiger partial charge in [-0.05, 0) is 17.7 Å². The number of aliphatic hydroxyl groups excluding tert-OH is 1. The molecule has 2 aliphatic heterocycles. The number of ether oxygens (including phenoxy) is 2. The highest BCUT2D eigenvalue weighted by atomic mass is 32.2. The van der Waals surface area contributed by atoms with E-state index < -0.39 is 6.10 Å². The fourth-order valence-electron chi connectivity index (χ4n) is 3.08. The van der Waals surface area contributed by atoms with Crippen LogP contribution in [0.5, 0.6) is 5.75 Å². The van der Waals surface area contributed by atoms with Gasteiger partial charge in [0.25, 0.3) is 0 Å². The number of β-amino-alcohol motifs (C(OH)–C–C–N with tert-alkyl or cyclic N) is 1. The van der Waals surface area contributed by atoms with Gasteiger partial charge in [0.1, 0.15) is 18.5 Å². The minimum Gasteiger partial charge on any atom is -0.491 e. The van der Waals surface area contributed by atoms with Crippen LogP contribution in [-0.2, 0) is 11.3 Å². The molecule has 0 saturated carbocycles. The number of benzene rings is 1. The summed E-state index contributed by atoms with van der Waals surface area (Å²) in [5.74, 6) is 3.30. The van der Waals surface area contributed by atoms with Gasteiger partial charge in [0.05, 0.1) is 13.2 Å². The molecule has 0 aromatic heterocycles. The first kappa shape index (κ1) is 18.0. The Labute approximate surface area is 148 Å². The van der Waals surface area contributed by atoms with Crippen LogP contribution in [0.25, 0.3) is 0 Å². The minimum absolute atomic E-state index is 0.334. The molecule has 2 heterocycles. The van der Waals surface area contributed by atoms with Crippen LogP contribution in [-0.4, -0.2) is 85.1 Å². The van der Waals surface area contributed by atoms with Gasteiger partial charge in [-0.1, -0.05) is 12.1 Å². The summed E-state index contributed by atoms with van der Waals surface area (Å²) in [6, 6.07) is 8.26. The summed E-state index contributed by atoms with van der Waals surface area (Å²) in [6.45, 7) is 7.57. The molecule has 0 radical (unpaired) electrons. The number of morpholine rings is 1. The normalized spacial score (nSPS) is 21.5. The van der Waals surface area contributed by atoms with Gasteiger partial charge >= 0.3 is 0 Å². The maximum absolute atomic E-state index is 10.2. The largest absolute Gasteiger partial charge is 0.491 e. The fourth-order valence-corrected chi connectivity index (χ4v) is 4.06. The van der Waals surface area contributed by atoms with Gasteiger partial charge in [0.2, 0.25) is 0 Å². The van der Waals surface area contributed by atoms with Gasteiger partial charge in [-0.25, -0.2) is 0 Å². The van der Waals surface area contributed by atoms with Gasteiger partial charge in [0, 0.05) is 50.8 Å². The lowest BCUT2D eigenvalue weighted by Gasteiger charge is -2.28. The van der Waals surface area contributed by atoms with Crippen LogP contribution in [0.3, 0.4) is 0 Å². The number of aliphatic hydroxyl groups is 1. The van der Waals surface area contributed by atoms with E-state index in [9.17, 15) is 5.11 Å². The standard InChI is InChI=1S/C18H28N2O3S/c21-17(14-19-4-8-22-9-5-19)15-23-18-3-1-2-16(12-18)13-20-6-10-24-11-7-20/h1-3,12,17,21H,4-11,13-15H2/t17-/m1/s1. The van der Waals surface area contributed by atoms with E-state index in [-0.39, 0.29) is 0 Å². The molecule has 5 nitrogen and oxygen atoms in total. The van der Waals surface area contributed by atoms with Crippen molar-refractivity contribution in [3.8, 4) is 5.75 Å². The van der Waals surface area contributed by atoms with E-state index in [1.807, 2.05) is 23.9 Å². The molecule has 6 heteroatoms. The third kappa shape index (κ3) is 5.93. The average molecular weight is 353 g/mol. The Bertz CT molecular complexity index is 491. The lowest BCUT2D eigenvalue weighted by Crippen LogP contribution is -2.42. The number of rotatable bonds is 7. The van der Waals surface area contributed by atoms with E-state index >= 15 is 0 Å². The smallest absolute Gasteiger partial charge is 0.119 e. The third-order valence-electron chi connectivity index (χ3n) is 4.42. The van der Waals surface area contributed by atoms with Crippen LogP contribution in [0.2, 0.25) is 0 Å². The SMILES string of the molecule is O[C@@H](COc1cccc(CN2CCSCC2)c1)CN1CCOCC1. The van der Waals surface area contributed by atoms with Crippen LogP contribution >= 0.6 is 11.8 Å². The van der Waals surface area contributed by atoms with Crippen molar-refractivity contribution in [2.75, 3.05) is 64.1 Å². The molecular formula is C18H28N2O3S. The zero-order chi connectivity index (χ0) is 16.6. The zero-order valence-corrected chi connectivity index (χ0v) is 15.0. The highest BCUT2D eigenvalue weighted by Crippen LogP contribution is 2.17. The second-order valence-electron chi connectivity index (χ2n) is 6.41. The molecule has 0 spiro atoms. The summed E-state index contributed by atoms with van der Waals surface area (Å²) in [4.78, 5) is 4.71. The first-order valence-electron chi connectivity index (χ1n) is 8.79. The maximum Gasteiger partial charge on any atom is 0.119 e.